The van der Waals surface area contributed by atoms with Crippen molar-refractivity contribution in [3.8, 4) is 5.75 Å². The monoisotopic (exact) mass is 442 g/mol. The Kier molecular flexibility index (Phi) is 7.03. The van der Waals surface area contributed by atoms with Crippen molar-refractivity contribution in [1.29, 1.82) is 0 Å². The van der Waals surface area contributed by atoms with Crippen LogP contribution in [0.15, 0.2) is 54.1 Å². The molecule has 1 aliphatic rings. The third-order valence-electron chi connectivity index (χ3n) is 5.02. The molecule has 1 unspecified atom stereocenters. The number of carbonyl (C=O) groups is 2. The zero-order chi connectivity index (χ0) is 22.7. The number of amides is 1. The van der Waals surface area contributed by atoms with Gasteiger partial charge < -0.3 is 19.6 Å². The lowest BCUT2D eigenvalue weighted by Crippen LogP contribution is -2.35. The molecule has 1 fully saturated rings. The second-order valence-electron chi connectivity index (χ2n) is 8.01. The van der Waals surface area contributed by atoms with Crippen LogP contribution in [0.5, 0.6) is 5.75 Å². The number of rotatable bonds is 7. The van der Waals surface area contributed by atoms with E-state index in [-0.39, 0.29) is 17.4 Å². The van der Waals surface area contributed by atoms with E-state index >= 15 is 0 Å². The first kappa shape index (κ1) is 22.8. The van der Waals surface area contributed by atoms with E-state index in [0.717, 1.165) is 0 Å². The lowest BCUT2D eigenvalue weighted by atomic mass is 9.94. The summed E-state index contributed by atoms with van der Waals surface area (Å²) in [6.07, 6.45) is -0.0959. The Morgan fingerprint density at radius 3 is 2.39 bits per heavy atom. The highest BCUT2D eigenvalue weighted by atomic mass is 35.5. The number of likely N-dealkylation sites (N-methyl/N-ethyl adjacent to an activating group) is 1. The van der Waals surface area contributed by atoms with E-state index in [0.29, 0.717) is 35.0 Å². The number of benzene rings is 2. The van der Waals surface area contributed by atoms with Crippen LogP contribution in [-0.2, 0) is 9.59 Å². The number of Topliss-reactive ketones (excluding diaryl/α,β-unsaturated/α-hetero) is 1. The number of carbonyl (C=O) groups excluding carboxylic acids is 2. The number of aliphatic hydroxyl groups is 1. The first-order valence-corrected chi connectivity index (χ1v) is 10.5. The highest BCUT2D eigenvalue weighted by Gasteiger charge is 2.46. The number of nitrogens with zero attached hydrogens (tertiary/aromatic N) is 2. The molecule has 1 atom stereocenters. The molecule has 3 rings (SSSR count). The van der Waals surface area contributed by atoms with E-state index in [1.54, 1.807) is 24.3 Å². The number of hydrogen-bond donors (Lipinski definition) is 1. The number of aliphatic hydroxyl groups excluding tert-OH is 1. The van der Waals surface area contributed by atoms with E-state index < -0.39 is 17.7 Å². The van der Waals surface area contributed by atoms with Gasteiger partial charge in [0.1, 0.15) is 11.5 Å². The Hall–Kier alpha value is -2.83. The maximum absolute atomic E-state index is 13.1. The lowest BCUT2D eigenvalue weighted by molar-refractivity contribution is -0.140. The van der Waals surface area contributed by atoms with Crippen LogP contribution in [0.1, 0.15) is 31.0 Å². The van der Waals surface area contributed by atoms with Crippen molar-refractivity contribution in [1.82, 2.24) is 9.80 Å². The molecule has 0 radical (unpaired) electrons. The van der Waals surface area contributed by atoms with Gasteiger partial charge in [-0.1, -0.05) is 29.8 Å². The van der Waals surface area contributed by atoms with Crippen molar-refractivity contribution >= 4 is 29.1 Å². The van der Waals surface area contributed by atoms with Crippen LogP contribution in [0.25, 0.3) is 5.76 Å². The number of likely N-dealkylation sites (tertiary alicyclic amines) is 1. The van der Waals surface area contributed by atoms with Gasteiger partial charge in [-0.2, -0.15) is 0 Å². The highest BCUT2D eigenvalue weighted by molar-refractivity contribution is 6.46. The van der Waals surface area contributed by atoms with Gasteiger partial charge in [0.25, 0.3) is 11.7 Å². The number of hydrogen-bond acceptors (Lipinski definition) is 5. The molecule has 31 heavy (non-hydrogen) atoms. The molecule has 0 aliphatic carbocycles. The number of ether oxygens (including phenoxy) is 1. The van der Waals surface area contributed by atoms with Gasteiger partial charge in [0.2, 0.25) is 0 Å². The van der Waals surface area contributed by atoms with Gasteiger partial charge in [-0.15, -0.1) is 0 Å². The quantitative estimate of drug-likeness (QED) is 0.397. The van der Waals surface area contributed by atoms with Crippen molar-refractivity contribution in [2.75, 3.05) is 27.2 Å². The summed E-state index contributed by atoms with van der Waals surface area (Å²) in [6.45, 7) is 4.72. The molecule has 2 aromatic rings. The summed E-state index contributed by atoms with van der Waals surface area (Å²) in [5.41, 5.74) is 1.12. The van der Waals surface area contributed by atoms with Gasteiger partial charge >= 0.3 is 0 Å². The van der Waals surface area contributed by atoms with Crippen molar-refractivity contribution in [2.24, 2.45) is 0 Å². The summed E-state index contributed by atoms with van der Waals surface area (Å²) >= 11 is 5.97. The van der Waals surface area contributed by atoms with Crippen LogP contribution in [0.3, 0.4) is 0 Å². The Morgan fingerprint density at radius 2 is 1.77 bits per heavy atom. The molecule has 7 heteroatoms. The van der Waals surface area contributed by atoms with Crippen LogP contribution in [-0.4, -0.2) is 59.9 Å². The van der Waals surface area contributed by atoms with Gasteiger partial charge in [-0.25, -0.2) is 0 Å². The van der Waals surface area contributed by atoms with Gasteiger partial charge in [0.15, 0.2) is 0 Å². The first-order valence-electron chi connectivity index (χ1n) is 10.2. The summed E-state index contributed by atoms with van der Waals surface area (Å²) < 4.78 is 5.97. The number of para-hydroxylation sites is 1. The van der Waals surface area contributed by atoms with Crippen LogP contribution < -0.4 is 4.74 Å². The van der Waals surface area contributed by atoms with Crippen LogP contribution in [0.2, 0.25) is 5.02 Å². The highest BCUT2D eigenvalue weighted by Crippen LogP contribution is 2.42. The van der Waals surface area contributed by atoms with E-state index in [1.165, 1.54) is 4.90 Å². The van der Waals surface area contributed by atoms with Gasteiger partial charge in [-0.3, -0.25) is 9.59 Å². The molecule has 0 bridgehead atoms. The van der Waals surface area contributed by atoms with Crippen molar-refractivity contribution in [3.05, 3.63) is 70.3 Å². The Labute approximate surface area is 187 Å². The van der Waals surface area contributed by atoms with E-state index in [9.17, 15) is 14.7 Å². The molecule has 0 spiro atoms. The Bertz CT molecular complexity index is 999. The minimum Gasteiger partial charge on any atom is -0.507 e. The predicted molar refractivity (Wildman–Crippen MR) is 121 cm³/mol. The van der Waals surface area contributed by atoms with Gasteiger partial charge in [0, 0.05) is 29.2 Å². The minimum absolute atomic E-state index is 0.0471. The number of halogens is 1. The van der Waals surface area contributed by atoms with E-state index in [2.05, 4.69) is 0 Å². The van der Waals surface area contributed by atoms with Gasteiger partial charge in [-0.05, 0) is 58.3 Å². The molecule has 1 N–H and O–H groups in total. The Balaban J connectivity index is 2.19. The molecule has 1 heterocycles. The second kappa shape index (κ2) is 9.54. The molecule has 0 saturated carbocycles. The second-order valence-corrected chi connectivity index (χ2v) is 8.44. The first-order chi connectivity index (χ1) is 14.7. The normalized spacial score (nSPS) is 18.3. The third-order valence-corrected chi connectivity index (χ3v) is 5.27. The van der Waals surface area contributed by atoms with E-state index in [4.69, 9.17) is 16.3 Å². The van der Waals surface area contributed by atoms with Crippen LogP contribution in [0.4, 0.5) is 0 Å². The van der Waals surface area contributed by atoms with Crippen molar-refractivity contribution in [2.45, 2.75) is 26.0 Å². The summed E-state index contributed by atoms with van der Waals surface area (Å²) in [5.74, 6) is -1.01. The topological polar surface area (TPSA) is 70.1 Å². The molecule has 6 nitrogen and oxygen atoms in total. The third kappa shape index (κ3) is 4.92. The number of ketones is 1. The fourth-order valence-electron chi connectivity index (χ4n) is 3.57. The molecule has 2 aromatic carbocycles. The molecule has 164 valence electrons. The summed E-state index contributed by atoms with van der Waals surface area (Å²) in [6, 6.07) is 13.0. The van der Waals surface area contributed by atoms with Crippen LogP contribution in [0, 0.1) is 0 Å². The fourth-order valence-corrected chi connectivity index (χ4v) is 3.70. The Morgan fingerprint density at radius 1 is 1.13 bits per heavy atom. The molecule has 0 aromatic heterocycles. The van der Waals surface area contributed by atoms with Crippen LogP contribution >= 0.6 is 11.6 Å². The smallest absolute Gasteiger partial charge is 0.295 e. The maximum atomic E-state index is 13.1. The molecular weight excluding hydrogens is 416 g/mol. The summed E-state index contributed by atoms with van der Waals surface area (Å²) in [5, 5.41) is 11.6. The average Bonchev–Trinajstić information content (AvgIpc) is 2.96. The minimum atomic E-state index is -0.759. The zero-order valence-corrected chi connectivity index (χ0v) is 18.9. The summed E-state index contributed by atoms with van der Waals surface area (Å²) in [7, 11) is 3.80. The fraction of sp³-hybridized carbons (Fsp3) is 0.333. The van der Waals surface area contributed by atoms with Crippen molar-refractivity contribution < 1.29 is 19.4 Å². The zero-order valence-electron chi connectivity index (χ0n) is 18.1. The van der Waals surface area contributed by atoms with Crippen molar-refractivity contribution in [3.63, 3.8) is 0 Å². The molecule has 1 amide bonds. The molecular formula is C24H27ClN2O4. The standard InChI is InChI=1S/C24H27ClN2O4/c1-15(2)31-19-8-6-5-7-18(19)21-20(22(28)16-9-11-17(25)12-10-16)23(29)24(30)27(21)14-13-26(3)4/h5-12,15,21,28H,13-14H2,1-4H3/b22-20-. The average molecular weight is 443 g/mol. The van der Waals surface area contributed by atoms with Gasteiger partial charge in [0.05, 0.1) is 17.7 Å². The largest absolute Gasteiger partial charge is 0.507 e. The molecule has 1 saturated heterocycles. The lowest BCUT2D eigenvalue weighted by Gasteiger charge is -2.28. The maximum Gasteiger partial charge on any atom is 0.295 e. The van der Waals surface area contributed by atoms with E-state index in [1.807, 2.05) is 57.1 Å². The SMILES string of the molecule is CC(C)Oc1ccccc1C1/C(=C(/O)c2ccc(Cl)cc2)C(=O)C(=O)N1CCN(C)C. The predicted octanol–water partition coefficient (Wildman–Crippen LogP) is 4.11. The summed E-state index contributed by atoms with van der Waals surface area (Å²) in [4.78, 5) is 29.5. The molecule has 1 aliphatic heterocycles.